The van der Waals surface area contributed by atoms with Gasteiger partial charge in [0.1, 0.15) is 17.2 Å². The van der Waals surface area contributed by atoms with Gasteiger partial charge in [-0.1, -0.05) is 13.8 Å². The lowest BCUT2D eigenvalue weighted by atomic mass is 9.75. The molecule has 1 saturated carbocycles. The molecule has 0 atom stereocenters. The number of nitrogens with one attached hydrogen (secondary N) is 2. The number of halogens is 1. The number of carbonyl (C=O) groups is 1. The van der Waals surface area contributed by atoms with Crippen LogP contribution < -0.4 is 5.32 Å². The minimum atomic E-state index is -0.350. The van der Waals surface area contributed by atoms with E-state index in [-0.39, 0.29) is 17.8 Å². The molecule has 22 heavy (non-hydrogen) atoms. The van der Waals surface area contributed by atoms with Crippen molar-refractivity contribution in [3.63, 3.8) is 0 Å². The number of carbonyl (C=O) groups excluding carboxylic acids is 1. The molecule has 2 aromatic heterocycles. The summed E-state index contributed by atoms with van der Waals surface area (Å²) in [6.45, 7) is 6.26. The first kappa shape index (κ1) is 15.0. The number of pyridine rings is 1. The van der Waals surface area contributed by atoms with E-state index in [9.17, 15) is 9.18 Å². The van der Waals surface area contributed by atoms with Crippen LogP contribution >= 0.6 is 0 Å². The zero-order valence-electron chi connectivity index (χ0n) is 13.3. The van der Waals surface area contributed by atoms with Gasteiger partial charge in [0.25, 0.3) is 5.91 Å². The lowest BCUT2D eigenvalue weighted by Crippen LogP contribution is -2.39. The van der Waals surface area contributed by atoms with Gasteiger partial charge in [0, 0.05) is 11.7 Å². The standard InChI is InChI=1S/C17H22FN3O/c1-10-8-13(18)12-9-14(21-15(12)19-10)16(22)20-11-4-6-17(2,3)7-5-11/h8-9,11H,4-7H2,1-3H3,(H,19,21)(H,20,22). The highest BCUT2D eigenvalue weighted by Crippen LogP contribution is 2.35. The van der Waals surface area contributed by atoms with E-state index in [2.05, 4.69) is 29.1 Å². The average Bonchev–Trinajstić information content (AvgIpc) is 2.85. The molecular formula is C17H22FN3O. The van der Waals surface area contributed by atoms with E-state index in [4.69, 9.17) is 0 Å². The van der Waals surface area contributed by atoms with E-state index in [1.54, 1.807) is 13.0 Å². The van der Waals surface area contributed by atoms with E-state index < -0.39 is 0 Å². The number of H-pyrrole nitrogens is 1. The van der Waals surface area contributed by atoms with Gasteiger partial charge in [-0.05, 0) is 50.2 Å². The van der Waals surface area contributed by atoms with Crippen LogP contribution in [0.15, 0.2) is 12.1 Å². The molecular weight excluding hydrogens is 281 g/mol. The van der Waals surface area contributed by atoms with Gasteiger partial charge in [-0.2, -0.15) is 0 Å². The Morgan fingerprint density at radius 3 is 2.73 bits per heavy atom. The summed E-state index contributed by atoms with van der Waals surface area (Å²) >= 11 is 0. The summed E-state index contributed by atoms with van der Waals surface area (Å²) < 4.78 is 13.9. The zero-order chi connectivity index (χ0) is 15.9. The summed E-state index contributed by atoms with van der Waals surface area (Å²) in [4.78, 5) is 19.5. The largest absolute Gasteiger partial charge is 0.348 e. The van der Waals surface area contributed by atoms with Crippen LogP contribution in [0.25, 0.3) is 11.0 Å². The minimum absolute atomic E-state index is 0.181. The molecule has 0 spiro atoms. The maximum absolute atomic E-state index is 13.9. The summed E-state index contributed by atoms with van der Waals surface area (Å²) in [6, 6.07) is 3.12. The van der Waals surface area contributed by atoms with Gasteiger partial charge in [-0.25, -0.2) is 9.37 Å². The fourth-order valence-corrected chi connectivity index (χ4v) is 3.11. The van der Waals surface area contributed by atoms with Gasteiger partial charge in [0.05, 0.1) is 5.39 Å². The van der Waals surface area contributed by atoms with Gasteiger partial charge in [-0.15, -0.1) is 0 Å². The third kappa shape index (κ3) is 2.98. The molecule has 0 bridgehead atoms. The SMILES string of the molecule is Cc1cc(F)c2cc(C(=O)NC3CCC(C)(C)CC3)[nH]c2n1. The highest BCUT2D eigenvalue weighted by molar-refractivity contribution is 5.97. The summed E-state index contributed by atoms with van der Waals surface area (Å²) in [5.74, 6) is -0.531. The van der Waals surface area contributed by atoms with Gasteiger partial charge in [0.2, 0.25) is 0 Å². The number of hydrogen-bond acceptors (Lipinski definition) is 2. The summed E-state index contributed by atoms with van der Waals surface area (Å²) in [6.07, 6.45) is 4.20. The second kappa shape index (κ2) is 5.38. The van der Waals surface area contributed by atoms with Crippen molar-refractivity contribution in [2.45, 2.75) is 52.5 Å². The first-order chi connectivity index (χ1) is 10.3. The first-order valence-corrected chi connectivity index (χ1v) is 7.81. The number of fused-ring (bicyclic) bond motifs is 1. The molecule has 2 aromatic rings. The second-order valence-corrected chi connectivity index (χ2v) is 7.10. The monoisotopic (exact) mass is 303 g/mol. The number of aromatic nitrogens is 2. The molecule has 118 valence electrons. The number of aromatic amines is 1. The molecule has 1 amide bonds. The molecule has 2 N–H and O–H groups in total. The topological polar surface area (TPSA) is 57.8 Å². The minimum Gasteiger partial charge on any atom is -0.348 e. The Bertz CT molecular complexity index is 710. The molecule has 0 aliphatic heterocycles. The number of amides is 1. The highest BCUT2D eigenvalue weighted by atomic mass is 19.1. The maximum atomic E-state index is 13.9. The molecule has 0 aromatic carbocycles. The smallest absolute Gasteiger partial charge is 0.267 e. The molecule has 1 aliphatic carbocycles. The van der Waals surface area contributed by atoms with Crippen molar-refractivity contribution in [3.05, 3.63) is 29.3 Å². The van der Waals surface area contributed by atoms with E-state index in [1.165, 1.54) is 6.07 Å². The van der Waals surface area contributed by atoms with Crippen molar-refractivity contribution in [1.82, 2.24) is 15.3 Å². The third-order valence-corrected chi connectivity index (χ3v) is 4.60. The van der Waals surface area contributed by atoms with E-state index >= 15 is 0 Å². The van der Waals surface area contributed by atoms with Crippen molar-refractivity contribution in [2.75, 3.05) is 0 Å². The number of nitrogens with zero attached hydrogens (tertiary/aromatic N) is 1. The van der Waals surface area contributed by atoms with Crippen molar-refractivity contribution in [3.8, 4) is 0 Å². The lowest BCUT2D eigenvalue weighted by Gasteiger charge is -2.34. The van der Waals surface area contributed by atoms with E-state index in [0.717, 1.165) is 25.7 Å². The van der Waals surface area contributed by atoms with Gasteiger partial charge >= 0.3 is 0 Å². The van der Waals surface area contributed by atoms with E-state index in [0.29, 0.717) is 27.8 Å². The maximum Gasteiger partial charge on any atom is 0.267 e. The summed E-state index contributed by atoms with van der Waals surface area (Å²) in [5, 5.41) is 3.41. The molecule has 0 radical (unpaired) electrons. The molecule has 0 unspecified atom stereocenters. The van der Waals surface area contributed by atoms with Crippen LogP contribution in [0.1, 0.15) is 55.7 Å². The number of hydrogen-bond donors (Lipinski definition) is 2. The normalized spacial score (nSPS) is 18.5. The number of aryl methyl sites for hydroxylation is 1. The Labute approximate surface area is 129 Å². The van der Waals surface area contributed by atoms with Crippen molar-refractivity contribution in [1.29, 1.82) is 0 Å². The first-order valence-electron chi connectivity index (χ1n) is 7.81. The van der Waals surface area contributed by atoms with Crippen molar-refractivity contribution < 1.29 is 9.18 Å². The Morgan fingerprint density at radius 2 is 2.05 bits per heavy atom. The molecule has 2 heterocycles. The Morgan fingerprint density at radius 1 is 1.36 bits per heavy atom. The van der Waals surface area contributed by atoms with Gasteiger partial charge in [0.15, 0.2) is 0 Å². The Hall–Kier alpha value is -1.91. The highest BCUT2D eigenvalue weighted by Gasteiger charge is 2.28. The molecule has 0 saturated heterocycles. The van der Waals surface area contributed by atoms with Crippen LogP contribution in [-0.4, -0.2) is 21.9 Å². The van der Waals surface area contributed by atoms with Crippen molar-refractivity contribution >= 4 is 16.9 Å². The van der Waals surface area contributed by atoms with Crippen LogP contribution in [0.3, 0.4) is 0 Å². The van der Waals surface area contributed by atoms with E-state index in [1.807, 2.05) is 0 Å². The summed E-state index contributed by atoms with van der Waals surface area (Å²) in [7, 11) is 0. The van der Waals surface area contributed by atoms with Crippen LogP contribution in [0.5, 0.6) is 0 Å². The van der Waals surface area contributed by atoms with Crippen molar-refractivity contribution in [2.24, 2.45) is 5.41 Å². The fraction of sp³-hybridized carbons (Fsp3) is 0.529. The molecule has 5 heteroatoms. The summed E-state index contributed by atoms with van der Waals surface area (Å²) in [5.41, 5.74) is 1.75. The second-order valence-electron chi connectivity index (χ2n) is 7.10. The lowest BCUT2D eigenvalue weighted by molar-refractivity contribution is 0.0905. The molecule has 1 fully saturated rings. The molecule has 3 rings (SSSR count). The van der Waals surface area contributed by atoms with Crippen LogP contribution in [0.2, 0.25) is 0 Å². The predicted octanol–water partition coefficient (Wildman–Crippen LogP) is 3.71. The molecule has 1 aliphatic rings. The quantitative estimate of drug-likeness (QED) is 0.888. The number of rotatable bonds is 2. The Kier molecular flexibility index (Phi) is 3.67. The van der Waals surface area contributed by atoms with Crippen LogP contribution in [0.4, 0.5) is 4.39 Å². The third-order valence-electron chi connectivity index (χ3n) is 4.60. The average molecular weight is 303 g/mol. The van der Waals surface area contributed by atoms with Crippen LogP contribution in [-0.2, 0) is 0 Å². The molecule has 4 nitrogen and oxygen atoms in total. The Balaban J connectivity index is 1.74. The zero-order valence-corrected chi connectivity index (χ0v) is 13.3. The van der Waals surface area contributed by atoms with Crippen LogP contribution in [0, 0.1) is 18.2 Å². The fourth-order valence-electron chi connectivity index (χ4n) is 3.11. The predicted molar refractivity (Wildman–Crippen MR) is 84.3 cm³/mol. The van der Waals surface area contributed by atoms with Gasteiger partial charge < -0.3 is 10.3 Å². The van der Waals surface area contributed by atoms with Gasteiger partial charge in [-0.3, -0.25) is 4.79 Å².